The molecule has 2 aromatic carbocycles. The van der Waals surface area contributed by atoms with Crippen LogP contribution < -0.4 is 4.90 Å². The second-order valence-corrected chi connectivity index (χ2v) is 15.8. The molecule has 0 heterocycles. The summed E-state index contributed by atoms with van der Waals surface area (Å²) in [4.78, 5) is 4.97. The van der Waals surface area contributed by atoms with E-state index in [1.807, 2.05) is 12.2 Å². The van der Waals surface area contributed by atoms with Gasteiger partial charge in [-0.1, -0.05) is 161 Å². The third kappa shape index (κ3) is 6.26. The number of anilines is 2. The van der Waals surface area contributed by atoms with E-state index in [-0.39, 0.29) is 17.3 Å². The highest BCUT2D eigenvalue weighted by Crippen LogP contribution is 2.55. The molecule has 2 aromatic rings. The summed E-state index contributed by atoms with van der Waals surface area (Å²) in [6.07, 6.45) is 53.6. The molecule has 2 bridgehead atoms. The van der Waals surface area contributed by atoms with E-state index in [1.165, 1.54) is 50.7 Å². The van der Waals surface area contributed by atoms with Crippen molar-refractivity contribution in [3.05, 3.63) is 245 Å². The maximum atomic E-state index is 4.05. The van der Waals surface area contributed by atoms with E-state index >= 15 is 0 Å². The molecule has 0 amide bonds. The molecule has 4 atom stereocenters. The van der Waals surface area contributed by atoms with Crippen molar-refractivity contribution in [2.24, 2.45) is 17.8 Å². The van der Waals surface area contributed by atoms with E-state index in [2.05, 4.69) is 207 Å². The maximum Gasteiger partial charge on any atom is 0.0496 e. The van der Waals surface area contributed by atoms with Crippen LogP contribution in [0, 0.1) is 17.8 Å². The molecule has 4 unspecified atom stereocenters. The average molecular weight is 713 g/mol. The van der Waals surface area contributed by atoms with E-state index in [1.54, 1.807) is 0 Å². The summed E-state index contributed by atoms with van der Waals surface area (Å²) in [7, 11) is 0. The van der Waals surface area contributed by atoms with Crippen LogP contribution in [0.2, 0.25) is 0 Å². The Morgan fingerprint density at radius 2 is 1.49 bits per heavy atom. The first kappa shape index (κ1) is 34.6. The van der Waals surface area contributed by atoms with E-state index in [0.29, 0.717) is 11.8 Å². The quantitative estimate of drug-likeness (QED) is 0.269. The van der Waals surface area contributed by atoms with Gasteiger partial charge in [-0.05, 0) is 106 Å². The lowest BCUT2D eigenvalue weighted by atomic mass is 9.73. The number of allylic oxidation sites excluding steroid dienone is 25. The Hall–Kier alpha value is -6.12. The molecular weight excluding hydrogens is 665 g/mol. The molecule has 7 aliphatic rings. The number of hydrogen-bond acceptors (Lipinski definition) is 2. The first-order valence-corrected chi connectivity index (χ1v) is 19.7. The number of benzene rings is 2. The van der Waals surface area contributed by atoms with Gasteiger partial charge in [0, 0.05) is 51.9 Å². The first-order chi connectivity index (χ1) is 26.9. The standard InChI is InChI=1S/C53H48N2/c1-5-37-15-11-20-42(27-24-37)55(52-23-13-19-40-17-9-10-21-46(40)52)45-31-33-48-47-32-30-44(35-49(47)53(3,4)50(48)36-45)54(43-28-25-38(6-2)26-29-43)51-22-12-16-39-14-7-8-18-41(51)34-39/h5-10,12-33,35-36,40,46,48,50H,1-2,11,34H2,3-4H3. The SMILES string of the molecule is C=CC1=CCC=C(N(C2=CC3C(C=C2)c2ccc(N(C4=C5C=CC=CC(=CC=C4)C5)c4ccc(C=C)cc4)cc2C3(C)C)C2=CC=CC3C=CC=CC23)C=C1. The Bertz CT molecular complexity index is 2390. The van der Waals surface area contributed by atoms with Gasteiger partial charge < -0.3 is 9.80 Å². The second-order valence-electron chi connectivity index (χ2n) is 15.8. The summed E-state index contributed by atoms with van der Waals surface area (Å²) in [5.74, 6) is 1.20. The molecule has 7 aliphatic carbocycles. The van der Waals surface area contributed by atoms with Crippen LogP contribution in [0.15, 0.2) is 229 Å². The van der Waals surface area contributed by atoms with Crippen LogP contribution in [-0.4, -0.2) is 4.90 Å². The number of nitrogens with zero attached hydrogens (tertiary/aromatic N) is 2. The van der Waals surface area contributed by atoms with Gasteiger partial charge >= 0.3 is 0 Å². The van der Waals surface area contributed by atoms with Crippen molar-refractivity contribution in [2.75, 3.05) is 4.90 Å². The summed E-state index contributed by atoms with van der Waals surface area (Å²) >= 11 is 0. The zero-order valence-corrected chi connectivity index (χ0v) is 31.9. The predicted molar refractivity (Wildman–Crippen MR) is 233 cm³/mol. The summed E-state index contributed by atoms with van der Waals surface area (Å²) in [6, 6.07) is 16.0. The van der Waals surface area contributed by atoms with Crippen molar-refractivity contribution < 1.29 is 0 Å². The zero-order valence-electron chi connectivity index (χ0n) is 31.9. The molecule has 0 radical (unpaired) electrons. The summed E-state index contributed by atoms with van der Waals surface area (Å²) in [5.41, 5.74) is 14.9. The summed E-state index contributed by atoms with van der Waals surface area (Å²) in [6.45, 7) is 13.0. The van der Waals surface area contributed by atoms with Gasteiger partial charge in [0.25, 0.3) is 0 Å². The molecule has 0 N–H and O–H groups in total. The topological polar surface area (TPSA) is 6.48 Å². The smallest absolute Gasteiger partial charge is 0.0496 e. The Balaban J connectivity index is 1.13. The minimum Gasteiger partial charge on any atom is -0.314 e. The first-order valence-electron chi connectivity index (χ1n) is 19.7. The van der Waals surface area contributed by atoms with Crippen LogP contribution in [0.1, 0.15) is 49.3 Å². The van der Waals surface area contributed by atoms with E-state index in [9.17, 15) is 0 Å². The fraction of sp³-hybridized carbons (Fsp3) is 0.170. The molecule has 55 heavy (non-hydrogen) atoms. The molecule has 0 saturated heterocycles. The van der Waals surface area contributed by atoms with Gasteiger partial charge in [-0.3, -0.25) is 0 Å². The average Bonchev–Trinajstić information content (AvgIpc) is 3.59. The Kier molecular flexibility index (Phi) is 8.98. The largest absolute Gasteiger partial charge is 0.314 e. The molecule has 0 aliphatic heterocycles. The van der Waals surface area contributed by atoms with Gasteiger partial charge in [0.1, 0.15) is 0 Å². The Morgan fingerprint density at radius 3 is 2.35 bits per heavy atom. The van der Waals surface area contributed by atoms with Crippen molar-refractivity contribution >= 4 is 17.5 Å². The van der Waals surface area contributed by atoms with Crippen LogP contribution in [0.25, 0.3) is 6.08 Å². The van der Waals surface area contributed by atoms with Gasteiger partial charge in [0.05, 0.1) is 0 Å². The molecule has 0 aromatic heterocycles. The maximum absolute atomic E-state index is 4.05. The fourth-order valence-corrected chi connectivity index (χ4v) is 9.35. The van der Waals surface area contributed by atoms with Crippen LogP contribution in [0.5, 0.6) is 0 Å². The van der Waals surface area contributed by atoms with Crippen molar-refractivity contribution in [1.82, 2.24) is 4.90 Å². The minimum absolute atomic E-state index is 0.115. The summed E-state index contributed by atoms with van der Waals surface area (Å²) in [5, 5.41) is 0. The lowest BCUT2D eigenvalue weighted by molar-refractivity contribution is 0.377. The molecule has 270 valence electrons. The molecule has 0 spiro atoms. The van der Waals surface area contributed by atoms with Crippen molar-refractivity contribution in [3.8, 4) is 0 Å². The van der Waals surface area contributed by atoms with E-state index in [0.717, 1.165) is 29.7 Å². The predicted octanol–water partition coefficient (Wildman–Crippen LogP) is 13.2. The normalized spacial score (nSPS) is 24.9. The highest BCUT2D eigenvalue weighted by molar-refractivity contribution is 5.75. The Labute approximate surface area is 327 Å². The third-order valence-corrected chi connectivity index (χ3v) is 12.3. The van der Waals surface area contributed by atoms with Crippen LogP contribution in [0.4, 0.5) is 11.4 Å². The summed E-state index contributed by atoms with van der Waals surface area (Å²) < 4.78 is 0. The molecular formula is C53H48N2. The number of rotatable bonds is 8. The third-order valence-electron chi connectivity index (χ3n) is 12.3. The molecule has 0 fully saturated rings. The lowest BCUT2D eigenvalue weighted by Crippen LogP contribution is -2.32. The van der Waals surface area contributed by atoms with Crippen LogP contribution in [-0.2, 0) is 5.41 Å². The molecule has 0 saturated carbocycles. The molecule has 2 heteroatoms. The van der Waals surface area contributed by atoms with Crippen molar-refractivity contribution in [3.63, 3.8) is 0 Å². The van der Waals surface area contributed by atoms with Crippen molar-refractivity contribution in [1.29, 1.82) is 0 Å². The van der Waals surface area contributed by atoms with Gasteiger partial charge in [0.2, 0.25) is 0 Å². The minimum atomic E-state index is -0.115. The van der Waals surface area contributed by atoms with Crippen LogP contribution in [0.3, 0.4) is 0 Å². The fourth-order valence-electron chi connectivity index (χ4n) is 9.35. The number of fused-ring (bicyclic) bond motifs is 6. The zero-order chi connectivity index (χ0) is 37.5. The van der Waals surface area contributed by atoms with Crippen LogP contribution >= 0.6 is 0 Å². The van der Waals surface area contributed by atoms with Crippen molar-refractivity contribution in [2.45, 2.75) is 38.0 Å². The lowest BCUT2D eigenvalue weighted by Gasteiger charge is -2.40. The van der Waals surface area contributed by atoms with Gasteiger partial charge in [-0.25, -0.2) is 0 Å². The van der Waals surface area contributed by atoms with Gasteiger partial charge in [0.15, 0.2) is 0 Å². The highest BCUT2D eigenvalue weighted by atomic mass is 15.2. The number of hydrogen-bond donors (Lipinski definition) is 0. The monoisotopic (exact) mass is 712 g/mol. The molecule has 2 nitrogen and oxygen atoms in total. The molecule has 9 rings (SSSR count). The van der Waals surface area contributed by atoms with E-state index in [4.69, 9.17) is 0 Å². The van der Waals surface area contributed by atoms with Gasteiger partial charge in [-0.15, -0.1) is 0 Å². The van der Waals surface area contributed by atoms with Gasteiger partial charge in [-0.2, -0.15) is 0 Å². The second kappa shape index (κ2) is 14.3. The van der Waals surface area contributed by atoms with E-state index < -0.39 is 0 Å². The Morgan fingerprint density at radius 1 is 0.673 bits per heavy atom. The highest BCUT2D eigenvalue weighted by Gasteiger charge is 2.46.